The molecule has 0 saturated carbocycles. The first-order valence-electron chi connectivity index (χ1n) is 3.62. The van der Waals surface area contributed by atoms with Gasteiger partial charge >= 0.3 is 0 Å². The average molecular weight is 166 g/mol. The molecule has 58 valence electrons. The highest BCUT2D eigenvalue weighted by Crippen LogP contribution is 2.30. The van der Waals surface area contributed by atoms with Crippen molar-refractivity contribution >= 4 is 24.2 Å². The number of hydrogen-bond donors (Lipinski definition) is 2. The van der Waals surface area contributed by atoms with Gasteiger partial charge in [-0.05, 0) is 30.2 Å². The van der Waals surface area contributed by atoms with Crippen molar-refractivity contribution in [2.75, 3.05) is 16.6 Å². The van der Waals surface area contributed by atoms with Crippen LogP contribution in [0.1, 0.15) is 5.56 Å². The molecule has 1 aromatic carbocycles. The van der Waals surface area contributed by atoms with Gasteiger partial charge in [-0.3, -0.25) is 0 Å². The van der Waals surface area contributed by atoms with E-state index in [1.807, 2.05) is 22.5 Å². The number of benzene rings is 1. The smallest absolute Gasteiger partial charge is 0.0501 e. The fraction of sp³-hybridized carbons (Fsp3) is 0.250. The molecule has 0 spiro atoms. The molecule has 2 nitrogen and oxygen atoms in total. The third-order valence-corrected chi connectivity index (χ3v) is 2.39. The lowest BCUT2D eigenvalue weighted by Crippen LogP contribution is -2.04. The number of hydrogen-bond acceptors (Lipinski definition) is 3. The summed E-state index contributed by atoms with van der Waals surface area (Å²) in [6, 6.07) is 5.95. The summed E-state index contributed by atoms with van der Waals surface area (Å²) in [5.74, 6) is 0. The van der Waals surface area contributed by atoms with Crippen molar-refractivity contribution in [3.05, 3.63) is 23.8 Å². The molecule has 0 atom stereocenters. The third kappa shape index (κ3) is 1.05. The summed E-state index contributed by atoms with van der Waals surface area (Å²) in [4.78, 5) is 0. The number of nitrogens with two attached hydrogens (primary N) is 1. The lowest BCUT2D eigenvalue weighted by atomic mass is 10.1. The second kappa shape index (κ2) is 2.34. The van der Waals surface area contributed by atoms with Gasteiger partial charge in [-0.15, -0.1) is 0 Å². The van der Waals surface area contributed by atoms with E-state index < -0.39 is 0 Å². The molecular weight excluding hydrogens is 156 g/mol. The van der Waals surface area contributed by atoms with Gasteiger partial charge in [-0.25, -0.2) is 0 Å². The van der Waals surface area contributed by atoms with E-state index in [4.69, 9.17) is 5.73 Å². The zero-order chi connectivity index (χ0) is 7.84. The molecule has 0 bridgehead atoms. The number of nitrogen functional groups attached to an aromatic ring is 1. The summed E-state index contributed by atoms with van der Waals surface area (Å²) >= 11 is 4.30. The predicted molar refractivity (Wildman–Crippen MR) is 50.9 cm³/mol. The van der Waals surface area contributed by atoms with Crippen LogP contribution in [-0.2, 0) is 6.42 Å². The van der Waals surface area contributed by atoms with Gasteiger partial charge in [0.2, 0.25) is 0 Å². The molecule has 1 aromatic rings. The van der Waals surface area contributed by atoms with Crippen molar-refractivity contribution < 1.29 is 0 Å². The molecule has 0 saturated heterocycles. The van der Waals surface area contributed by atoms with E-state index in [1.54, 1.807) is 0 Å². The van der Waals surface area contributed by atoms with Crippen molar-refractivity contribution in [1.82, 2.24) is 0 Å². The van der Waals surface area contributed by atoms with Gasteiger partial charge in [0.1, 0.15) is 0 Å². The molecule has 1 heterocycles. The van der Waals surface area contributed by atoms with E-state index in [1.165, 1.54) is 11.3 Å². The Morgan fingerprint density at radius 2 is 2.27 bits per heavy atom. The van der Waals surface area contributed by atoms with Gasteiger partial charge in [-0.1, -0.05) is 12.8 Å². The summed E-state index contributed by atoms with van der Waals surface area (Å²) < 4.78 is 1.95. The zero-order valence-electron chi connectivity index (χ0n) is 6.12. The normalized spacial score (nSPS) is 15.2. The maximum absolute atomic E-state index is 5.63. The third-order valence-electron chi connectivity index (χ3n) is 1.97. The van der Waals surface area contributed by atoms with E-state index in [0.717, 1.165) is 18.7 Å². The molecule has 2 N–H and O–H groups in total. The predicted octanol–water partition coefficient (Wildman–Crippen LogP) is 1.48. The van der Waals surface area contributed by atoms with Crippen molar-refractivity contribution in [3.63, 3.8) is 0 Å². The molecule has 0 aliphatic carbocycles. The molecule has 0 fully saturated rings. The summed E-state index contributed by atoms with van der Waals surface area (Å²) in [5, 5.41) is 0. The Bertz CT molecular complexity index is 285. The minimum Gasteiger partial charge on any atom is -0.399 e. The monoisotopic (exact) mass is 166 g/mol. The lowest BCUT2D eigenvalue weighted by molar-refractivity contribution is 1.06. The Labute approximate surface area is 71.5 Å². The van der Waals surface area contributed by atoms with Crippen molar-refractivity contribution in [2.45, 2.75) is 6.42 Å². The van der Waals surface area contributed by atoms with Gasteiger partial charge in [0, 0.05) is 12.2 Å². The first kappa shape index (κ1) is 6.85. The van der Waals surface area contributed by atoms with E-state index in [0.29, 0.717) is 0 Å². The molecule has 2 rings (SSSR count). The van der Waals surface area contributed by atoms with Crippen LogP contribution in [0.15, 0.2) is 18.2 Å². The van der Waals surface area contributed by atoms with Gasteiger partial charge in [0.25, 0.3) is 0 Å². The Hall–Kier alpha value is -0.830. The summed E-state index contributed by atoms with van der Waals surface area (Å²) in [5.41, 5.74) is 8.98. The Morgan fingerprint density at radius 3 is 3.09 bits per heavy atom. The zero-order valence-corrected chi connectivity index (χ0v) is 7.01. The van der Waals surface area contributed by atoms with E-state index in [9.17, 15) is 0 Å². The van der Waals surface area contributed by atoms with Crippen molar-refractivity contribution in [2.24, 2.45) is 0 Å². The minimum absolute atomic E-state index is 0.840. The molecular formula is C8H10N2S. The first-order valence-corrected chi connectivity index (χ1v) is 4.02. The number of rotatable bonds is 0. The van der Waals surface area contributed by atoms with Crippen molar-refractivity contribution in [3.8, 4) is 0 Å². The fourth-order valence-electron chi connectivity index (χ4n) is 1.40. The number of anilines is 2. The van der Waals surface area contributed by atoms with Crippen LogP contribution in [0.25, 0.3) is 0 Å². The quantitative estimate of drug-likeness (QED) is 0.451. The van der Waals surface area contributed by atoms with Crippen LogP contribution < -0.4 is 10.0 Å². The van der Waals surface area contributed by atoms with Gasteiger partial charge in [0.15, 0.2) is 0 Å². The number of nitrogens with zero attached hydrogens (tertiary/aromatic N) is 1. The summed E-state index contributed by atoms with van der Waals surface area (Å²) in [7, 11) is 0. The highest BCUT2D eigenvalue weighted by atomic mass is 32.1. The van der Waals surface area contributed by atoms with E-state index >= 15 is 0 Å². The summed E-state index contributed by atoms with van der Waals surface area (Å²) in [6.07, 6.45) is 1.06. The minimum atomic E-state index is 0.840. The standard InChI is InChI=1S/C8H10N2S/c9-7-1-2-8-6(5-7)3-4-10(8)11/h1-2,5,11H,3-4,9H2. The largest absolute Gasteiger partial charge is 0.399 e. The van der Waals surface area contributed by atoms with Crippen LogP contribution in [-0.4, -0.2) is 6.54 Å². The Balaban J connectivity index is 2.50. The molecule has 3 heteroatoms. The molecule has 0 radical (unpaired) electrons. The van der Waals surface area contributed by atoms with Gasteiger partial charge in [-0.2, -0.15) is 0 Å². The first-order chi connectivity index (χ1) is 5.27. The molecule has 1 aliphatic heterocycles. The highest BCUT2D eigenvalue weighted by Gasteiger charge is 2.15. The second-order valence-corrected chi connectivity index (χ2v) is 3.24. The molecule has 0 amide bonds. The van der Waals surface area contributed by atoms with Crippen LogP contribution in [0.4, 0.5) is 11.4 Å². The van der Waals surface area contributed by atoms with E-state index in [-0.39, 0.29) is 0 Å². The molecule has 1 aliphatic rings. The van der Waals surface area contributed by atoms with Crippen molar-refractivity contribution in [1.29, 1.82) is 0 Å². The van der Waals surface area contributed by atoms with Gasteiger partial charge < -0.3 is 10.0 Å². The Morgan fingerprint density at radius 1 is 1.45 bits per heavy atom. The van der Waals surface area contributed by atoms with Gasteiger partial charge in [0.05, 0.1) is 5.69 Å². The van der Waals surface area contributed by atoms with Crippen LogP contribution in [0.2, 0.25) is 0 Å². The number of fused-ring (bicyclic) bond motifs is 1. The van der Waals surface area contributed by atoms with Crippen LogP contribution in [0.5, 0.6) is 0 Å². The SMILES string of the molecule is Nc1ccc2c(c1)CCN2S. The molecule has 0 aromatic heterocycles. The topological polar surface area (TPSA) is 29.3 Å². The second-order valence-electron chi connectivity index (χ2n) is 2.76. The van der Waals surface area contributed by atoms with Crippen LogP contribution >= 0.6 is 12.8 Å². The highest BCUT2D eigenvalue weighted by molar-refractivity contribution is 7.81. The van der Waals surface area contributed by atoms with E-state index in [2.05, 4.69) is 12.8 Å². The lowest BCUT2D eigenvalue weighted by Gasteiger charge is -2.09. The maximum Gasteiger partial charge on any atom is 0.0501 e. The van der Waals surface area contributed by atoms with Crippen LogP contribution in [0.3, 0.4) is 0 Å². The summed E-state index contributed by atoms with van der Waals surface area (Å²) in [6.45, 7) is 0.988. The fourth-order valence-corrected chi connectivity index (χ4v) is 1.70. The molecule has 0 unspecified atom stereocenters. The Kier molecular flexibility index (Phi) is 1.46. The number of thiol groups is 1. The average Bonchev–Trinajstić information content (AvgIpc) is 2.32. The maximum atomic E-state index is 5.63. The molecule has 11 heavy (non-hydrogen) atoms. The van der Waals surface area contributed by atoms with Crippen LogP contribution in [0, 0.1) is 0 Å².